The number of para-hydroxylation sites is 1. The number of hydrogen-bond donors (Lipinski definition) is 2. The smallest absolute Gasteiger partial charge is 0.251 e. The molecule has 0 saturated heterocycles. The van der Waals surface area contributed by atoms with Crippen LogP contribution in [-0.4, -0.2) is 33.7 Å². The summed E-state index contributed by atoms with van der Waals surface area (Å²) in [5.74, 6) is 0.698. The Bertz CT molecular complexity index is 833. The van der Waals surface area contributed by atoms with E-state index < -0.39 is 10.0 Å². The number of sulfonamides is 1. The molecule has 2 aromatic carbocycles. The minimum absolute atomic E-state index is 0.186. The van der Waals surface area contributed by atoms with E-state index in [0.717, 1.165) is 30.4 Å². The van der Waals surface area contributed by atoms with Gasteiger partial charge in [0.05, 0.1) is 12.9 Å². The molecular formula is C19H24N2O4S. The van der Waals surface area contributed by atoms with Gasteiger partial charge in [-0.2, -0.15) is 0 Å². The van der Waals surface area contributed by atoms with Gasteiger partial charge in [-0.3, -0.25) is 9.52 Å². The maximum Gasteiger partial charge on any atom is 0.251 e. The van der Waals surface area contributed by atoms with Crippen molar-refractivity contribution in [3.05, 3.63) is 59.7 Å². The Morgan fingerprint density at radius 1 is 1.08 bits per heavy atom. The number of carbonyl (C=O) groups excluding carboxylic acids is 1. The third kappa shape index (κ3) is 6.40. The predicted molar refractivity (Wildman–Crippen MR) is 103 cm³/mol. The van der Waals surface area contributed by atoms with E-state index in [1.807, 2.05) is 31.2 Å². The first-order chi connectivity index (χ1) is 12.4. The molecule has 0 fully saturated rings. The van der Waals surface area contributed by atoms with Gasteiger partial charge in [0.2, 0.25) is 10.0 Å². The van der Waals surface area contributed by atoms with Crippen LogP contribution in [0.15, 0.2) is 48.5 Å². The molecule has 2 N–H and O–H groups in total. The summed E-state index contributed by atoms with van der Waals surface area (Å²) in [5.41, 5.74) is 2.04. The zero-order valence-electron chi connectivity index (χ0n) is 15.0. The second kappa shape index (κ2) is 9.24. The van der Waals surface area contributed by atoms with Gasteiger partial charge < -0.3 is 10.1 Å². The molecule has 7 heteroatoms. The summed E-state index contributed by atoms with van der Waals surface area (Å²) >= 11 is 0. The Morgan fingerprint density at radius 3 is 2.42 bits per heavy atom. The molecule has 0 bridgehead atoms. The van der Waals surface area contributed by atoms with E-state index in [-0.39, 0.29) is 5.91 Å². The van der Waals surface area contributed by atoms with Crippen LogP contribution in [0.1, 0.15) is 29.3 Å². The fraction of sp³-hybridized carbons (Fsp3) is 0.316. The first kappa shape index (κ1) is 19.8. The molecular weight excluding hydrogens is 352 g/mol. The highest BCUT2D eigenvalue weighted by atomic mass is 32.2. The van der Waals surface area contributed by atoms with Crippen LogP contribution in [0.2, 0.25) is 0 Å². The zero-order valence-corrected chi connectivity index (χ0v) is 15.8. The Balaban J connectivity index is 1.82. The van der Waals surface area contributed by atoms with Crippen molar-refractivity contribution in [1.29, 1.82) is 0 Å². The average molecular weight is 376 g/mol. The number of ether oxygens (including phenoxy) is 1. The normalized spacial score (nSPS) is 11.0. The van der Waals surface area contributed by atoms with E-state index in [1.54, 1.807) is 24.3 Å². The van der Waals surface area contributed by atoms with Crippen LogP contribution in [0, 0.1) is 0 Å². The van der Waals surface area contributed by atoms with Crippen molar-refractivity contribution >= 4 is 21.6 Å². The number of anilines is 1. The monoisotopic (exact) mass is 376 g/mol. The van der Waals surface area contributed by atoms with E-state index in [4.69, 9.17) is 4.74 Å². The first-order valence-corrected chi connectivity index (χ1v) is 10.3. The van der Waals surface area contributed by atoms with Crippen molar-refractivity contribution < 1.29 is 17.9 Å². The first-order valence-electron chi connectivity index (χ1n) is 8.46. The molecule has 0 saturated carbocycles. The molecule has 6 nitrogen and oxygen atoms in total. The van der Waals surface area contributed by atoms with Gasteiger partial charge >= 0.3 is 0 Å². The van der Waals surface area contributed by atoms with Gasteiger partial charge in [-0.25, -0.2) is 8.42 Å². The number of rotatable bonds is 9. The molecule has 0 atom stereocenters. The zero-order chi connectivity index (χ0) is 19.0. The molecule has 1 amide bonds. The molecule has 0 aliphatic rings. The summed E-state index contributed by atoms with van der Waals surface area (Å²) in [6.07, 6.45) is 2.69. The number of aryl methyl sites for hydroxylation is 1. The molecule has 0 radical (unpaired) electrons. The Labute approximate surface area is 154 Å². The Hall–Kier alpha value is -2.54. The fourth-order valence-electron chi connectivity index (χ4n) is 2.49. The van der Waals surface area contributed by atoms with E-state index in [1.165, 1.54) is 0 Å². The van der Waals surface area contributed by atoms with Crippen LogP contribution >= 0.6 is 0 Å². The van der Waals surface area contributed by atoms with Crippen molar-refractivity contribution in [2.45, 2.75) is 19.8 Å². The quantitative estimate of drug-likeness (QED) is 0.659. The summed E-state index contributed by atoms with van der Waals surface area (Å²) in [5, 5.41) is 2.87. The average Bonchev–Trinajstić information content (AvgIpc) is 2.59. The topological polar surface area (TPSA) is 84.5 Å². The van der Waals surface area contributed by atoms with Gasteiger partial charge in [-0.15, -0.1) is 0 Å². The van der Waals surface area contributed by atoms with Gasteiger partial charge in [0.1, 0.15) is 5.75 Å². The molecule has 0 aliphatic carbocycles. The summed E-state index contributed by atoms with van der Waals surface area (Å²) in [4.78, 5) is 12.1. The highest BCUT2D eigenvalue weighted by Crippen LogP contribution is 2.19. The van der Waals surface area contributed by atoms with Gasteiger partial charge in [0.15, 0.2) is 0 Å². The van der Waals surface area contributed by atoms with Crippen LogP contribution in [0.4, 0.5) is 5.69 Å². The van der Waals surface area contributed by atoms with E-state index in [0.29, 0.717) is 24.4 Å². The molecule has 0 heterocycles. The van der Waals surface area contributed by atoms with Crippen molar-refractivity contribution in [3.63, 3.8) is 0 Å². The molecule has 0 aliphatic heterocycles. The lowest BCUT2D eigenvalue weighted by Gasteiger charge is -2.10. The standard InChI is InChI=1S/C19H24N2O4S/c1-3-25-18-9-5-4-7-15(18)8-6-14-20-19(22)16-10-12-17(13-11-16)21-26(2,23)24/h4-5,7,9-13,21H,3,6,8,14H2,1-2H3,(H,20,22). The number of carbonyl (C=O) groups is 1. The van der Waals surface area contributed by atoms with E-state index in [2.05, 4.69) is 10.0 Å². The van der Waals surface area contributed by atoms with Crippen molar-refractivity contribution in [1.82, 2.24) is 5.32 Å². The lowest BCUT2D eigenvalue weighted by atomic mass is 10.1. The highest BCUT2D eigenvalue weighted by Gasteiger charge is 2.07. The molecule has 140 valence electrons. The van der Waals surface area contributed by atoms with Crippen LogP contribution in [-0.2, 0) is 16.4 Å². The van der Waals surface area contributed by atoms with Gasteiger partial charge in [-0.05, 0) is 55.7 Å². The fourth-order valence-corrected chi connectivity index (χ4v) is 3.06. The second-order valence-electron chi connectivity index (χ2n) is 5.85. The predicted octanol–water partition coefficient (Wildman–Crippen LogP) is 2.82. The van der Waals surface area contributed by atoms with Gasteiger partial charge in [0.25, 0.3) is 5.91 Å². The SMILES string of the molecule is CCOc1ccccc1CCCNC(=O)c1ccc(NS(C)(=O)=O)cc1. The molecule has 2 rings (SSSR count). The van der Waals surface area contributed by atoms with E-state index in [9.17, 15) is 13.2 Å². The van der Waals surface area contributed by atoms with Crippen molar-refractivity contribution in [3.8, 4) is 5.75 Å². The lowest BCUT2D eigenvalue weighted by molar-refractivity contribution is 0.0953. The number of hydrogen-bond acceptors (Lipinski definition) is 4. The number of benzene rings is 2. The van der Waals surface area contributed by atoms with Gasteiger partial charge in [0, 0.05) is 17.8 Å². The third-order valence-corrected chi connectivity index (χ3v) is 4.24. The Kier molecular flexibility index (Phi) is 7.03. The van der Waals surface area contributed by atoms with E-state index >= 15 is 0 Å². The number of nitrogens with one attached hydrogen (secondary N) is 2. The van der Waals surface area contributed by atoms with Crippen LogP contribution in [0.25, 0.3) is 0 Å². The highest BCUT2D eigenvalue weighted by molar-refractivity contribution is 7.92. The molecule has 0 aromatic heterocycles. The summed E-state index contributed by atoms with van der Waals surface area (Å²) in [7, 11) is -3.32. The summed E-state index contributed by atoms with van der Waals surface area (Å²) in [6, 6.07) is 14.2. The maximum atomic E-state index is 12.1. The van der Waals surface area contributed by atoms with Crippen LogP contribution < -0.4 is 14.8 Å². The molecule has 2 aromatic rings. The largest absolute Gasteiger partial charge is 0.494 e. The minimum atomic E-state index is -3.32. The lowest BCUT2D eigenvalue weighted by Crippen LogP contribution is -2.24. The van der Waals surface area contributed by atoms with Crippen molar-refractivity contribution in [2.24, 2.45) is 0 Å². The summed E-state index contributed by atoms with van der Waals surface area (Å²) < 4.78 is 30.3. The van der Waals surface area contributed by atoms with Crippen LogP contribution in [0.3, 0.4) is 0 Å². The van der Waals surface area contributed by atoms with Crippen molar-refractivity contribution in [2.75, 3.05) is 24.1 Å². The van der Waals surface area contributed by atoms with Gasteiger partial charge in [-0.1, -0.05) is 18.2 Å². The summed E-state index contributed by atoms with van der Waals surface area (Å²) in [6.45, 7) is 3.12. The third-order valence-electron chi connectivity index (χ3n) is 3.63. The van der Waals surface area contributed by atoms with Crippen LogP contribution in [0.5, 0.6) is 5.75 Å². The maximum absolute atomic E-state index is 12.1. The minimum Gasteiger partial charge on any atom is -0.494 e. The number of amides is 1. The molecule has 26 heavy (non-hydrogen) atoms. The molecule has 0 unspecified atom stereocenters. The second-order valence-corrected chi connectivity index (χ2v) is 7.60. The molecule has 0 spiro atoms. The Morgan fingerprint density at radius 2 is 1.77 bits per heavy atom.